The Morgan fingerprint density at radius 3 is 2.78 bits per heavy atom. The topological polar surface area (TPSA) is 79.3 Å². The van der Waals surface area contributed by atoms with Crippen molar-refractivity contribution in [2.45, 2.75) is 27.4 Å². The van der Waals surface area contributed by atoms with Crippen LogP contribution in [0, 0.1) is 35.5 Å². The van der Waals surface area contributed by atoms with Crippen LogP contribution in [0.25, 0.3) is 16.7 Å². The van der Waals surface area contributed by atoms with Crippen molar-refractivity contribution in [3.63, 3.8) is 0 Å². The summed E-state index contributed by atoms with van der Waals surface area (Å²) in [7, 11) is 0. The van der Waals surface area contributed by atoms with Crippen LogP contribution in [-0.4, -0.2) is 32.7 Å². The van der Waals surface area contributed by atoms with Crippen molar-refractivity contribution in [2.75, 3.05) is 18.1 Å². The lowest BCUT2D eigenvalue weighted by atomic mass is 9.95. The van der Waals surface area contributed by atoms with Gasteiger partial charge in [-0.25, -0.2) is 0 Å². The molecule has 0 spiro atoms. The van der Waals surface area contributed by atoms with Crippen molar-refractivity contribution >= 4 is 28.2 Å². The fourth-order valence-electron chi connectivity index (χ4n) is 3.94. The summed E-state index contributed by atoms with van der Waals surface area (Å²) in [5.41, 5.74) is 3.15. The van der Waals surface area contributed by atoms with E-state index in [4.69, 9.17) is 9.72 Å². The minimum atomic E-state index is -0.720. The van der Waals surface area contributed by atoms with Crippen LogP contribution in [0.5, 0.6) is 0 Å². The van der Waals surface area contributed by atoms with E-state index in [9.17, 15) is 5.26 Å². The van der Waals surface area contributed by atoms with Crippen LogP contribution in [0.15, 0.2) is 42.5 Å². The number of hydrogen-bond donors (Lipinski definition) is 0. The quantitative estimate of drug-likeness (QED) is 0.429. The first-order chi connectivity index (χ1) is 15.5. The minimum Gasteiger partial charge on any atom is -0.375 e. The number of nitrogens with zero attached hydrogens (tertiary/aromatic N) is 6. The van der Waals surface area contributed by atoms with Crippen LogP contribution in [0.1, 0.15) is 30.8 Å². The number of nitriles is 1. The molecule has 1 aliphatic heterocycles. The molecule has 32 heavy (non-hydrogen) atoms. The van der Waals surface area contributed by atoms with Crippen molar-refractivity contribution in [1.82, 2.24) is 19.6 Å². The van der Waals surface area contributed by atoms with Gasteiger partial charge in [0.15, 0.2) is 0 Å². The molecule has 0 radical (unpaired) electrons. The van der Waals surface area contributed by atoms with Gasteiger partial charge in [-0.15, -0.1) is 10.2 Å². The van der Waals surface area contributed by atoms with Gasteiger partial charge < -0.3 is 9.64 Å². The molecular weight excluding hydrogens is 400 g/mol. The van der Waals surface area contributed by atoms with E-state index in [1.807, 2.05) is 49.4 Å². The van der Waals surface area contributed by atoms with Gasteiger partial charge in [-0.3, -0.25) is 4.40 Å². The summed E-state index contributed by atoms with van der Waals surface area (Å²) in [4.78, 5) is 7.07. The van der Waals surface area contributed by atoms with E-state index in [1.165, 1.54) is 0 Å². The number of para-hydroxylation sites is 1. The average molecular weight is 422 g/mol. The first kappa shape index (κ1) is 20.0. The highest BCUT2D eigenvalue weighted by Crippen LogP contribution is 2.36. The predicted molar refractivity (Wildman–Crippen MR) is 122 cm³/mol. The monoisotopic (exact) mass is 422 g/mol. The molecule has 3 heterocycles. The molecule has 0 bridgehead atoms. The predicted octanol–water partition coefficient (Wildman–Crippen LogP) is 4.16. The van der Waals surface area contributed by atoms with E-state index in [1.54, 1.807) is 0 Å². The SMILES string of the molecule is Cc1nnc2nc(N3CCOCc4c(C#CC(C)(C)C#N)cccc43)c3ccccc3n12. The summed E-state index contributed by atoms with van der Waals surface area (Å²) in [5.74, 6) is 8.47. The highest BCUT2D eigenvalue weighted by Gasteiger charge is 2.24. The molecule has 0 fully saturated rings. The maximum Gasteiger partial charge on any atom is 0.257 e. The first-order valence-corrected chi connectivity index (χ1v) is 10.5. The normalized spacial score (nSPS) is 13.9. The van der Waals surface area contributed by atoms with Gasteiger partial charge in [0.25, 0.3) is 5.78 Å². The molecular formula is C25H22N6O. The molecule has 0 saturated carbocycles. The van der Waals surface area contributed by atoms with Gasteiger partial charge >= 0.3 is 0 Å². The third kappa shape index (κ3) is 3.33. The lowest BCUT2D eigenvalue weighted by Gasteiger charge is -2.25. The molecule has 1 aliphatic rings. The number of hydrogen-bond acceptors (Lipinski definition) is 6. The molecule has 0 unspecified atom stereocenters. The second kappa shape index (κ2) is 7.64. The molecule has 4 aromatic rings. The molecule has 158 valence electrons. The standard InChI is InChI=1S/C25H22N6O/c1-17-28-29-24-27-23(19-8-4-5-9-22(19)31(17)24)30-13-14-32-15-20-18(7-6-10-21(20)30)11-12-25(2,3)16-26/h4-10H,13-15H2,1-3H3. The molecule has 0 aliphatic carbocycles. The Morgan fingerprint density at radius 2 is 1.94 bits per heavy atom. The van der Waals surface area contributed by atoms with Crippen molar-refractivity contribution < 1.29 is 4.74 Å². The van der Waals surface area contributed by atoms with E-state index < -0.39 is 5.41 Å². The van der Waals surface area contributed by atoms with Crippen LogP contribution in [0.3, 0.4) is 0 Å². The molecule has 7 heteroatoms. The van der Waals surface area contributed by atoms with Crippen molar-refractivity contribution in [3.8, 4) is 17.9 Å². The molecule has 0 atom stereocenters. The van der Waals surface area contributed by atoms with Crippen LogP contribution in [0.4, 0.5) is 11.5 Å². The molecule has 2 aromatic carbocycles. The van der Waals surface area contributed by atoms with Gasteiger partial charge in [0, 0.05) is 28.7 Å². The van der Waals surface area contributed by atoms with Crippen LogP contribution >= 0.6 is 0 Å². The van der Waals surface area contributed by atoms with Crippen molar-refractivity contribution in [1.29, 1.82) is 5.26 Å². The zero-order chi connectivity index (χ0) is 22.3. The molecule has 0 N–H and O–H groups in total. The highest BCUT2D eigenvalue weighted by molar-refractivity contribution is 5.94. The molecule has 0 amide bonds. The fourth-order valence-corrected chi connectivity index (χ4v) is 3.94. The number of aromatic nitrogens is 4. The van der Waals surface area contributed by atoms with Gasteiger partial charge in [0.05, 0.1) is 24.8 Å². The Balaban J connectivity index is 1.73. The lowest BCUT2D eigenvalue weighted by Crippen LogP contribution is -2.22. The van der Waals surface area contributed by atoms with Gasteiger partial charge in [-0.05, 0) is 45.0 Å². The Bertz CT molecular complexity index is 1450. The Hall–Kier alpha value is -3.94. The summed E-state index contributed by atoms with van der Waals surface area (Å²) < 4.78 is 7.91. The summed E-state index contributed by atoms with van der Waals surface area (Å²) in [6.07, 6.45) is 0. The third-order valence-electron chi connectivity index (χ3n) is 5.59. The summed E-state index contributed by atoms with van der Waals surface area (Å²) in [6.45, 7) is 7.21. The van der Waals surface area contributed by atoms with E-state index in [0.29, 0.717) is 25.5 Å². The largest absolute Gasteiger partial charge is 0.375 e. The lowest BCUT2D eigenvalue weighted by molar-refractivity contribution is 0.133. The fraction of sp³-hybridized carbons (Fsp3) is 0.280. The Kier molecular flexibility index (Phi) is 4.77. The second-order valence-electron chi connectivity index (χ2n) is 8.33. The van der Waals surface area contributed by atoms with Crippen LogP contribution < -0.4 is 4.90 Å². The van der Waals surface area contributed by atoms with E-state index in [2.05, 4.69) is 51.2 Å². The minimum absolute atomic E-state index is 0.452. The summed E-state index contributed by atoms with van der Waals surface area (Å²) >= 11 is 0. The zero-order valence-electron chi connectivity index (χ0n) is 18.3. The number of anilines is 2. The van der Waals surface area contributed by atoms with Crippen molar-refractivity contribution in [3.05, 3.63) is 59.4 Å². The Labute approximate surface area is 186 Å². The third-order valence-corrected chi connectivity index (χ3v) is 5.59. The number of ether oxygens (including phenoxy) is 1. The van der Waals surface area contributed by atoms with Gasteiger partial charge in [-0.2, -0.15) is 10.2 Å². The maximum atomic E-state index is 9.33. The molecule has 5 rings (SSSR count). The smallest absolute Gasteiger partial charge is 0.257 e. The van der Waals surface area contributed by atoms with Gasteiger partial charge in [0.2, 0.25) is 0 Å². The summed E-state index contributed by atoms with van der Waals surface area (Å²) in [5, 5.41) is 18.8. The zero-order valence-corrected chi connectivity index (χ0v) is 18.3. The highest BCUT2D eigenvalue weighted by atomic mass is 16.5. The second-order valence-corrected chi connectivity index (χ2v) is 8.33. The molecule has 0 saturated heterocycles. The number of benzene rings is 2. The molecule has 2 aromatic heterocycles. The van der Waals surface area contributed by atoms with E-state index in [0.717, 1.165) is 39.4 Å². The van der Waals surface area contributed by atoms with Crippen LogP contribution in [-0.2, 0) is 11.3 Å². The maximum absolute atomic E-state index is 9.33. The average Bonchev–Trinajstić information content (AvgIpc) is 3.04. The van der Waals surface area contributed by atoms with E-state index >= 15 is 0 Å². The van der Waals surface area contributed by atoms with Gasteiger partial charge in [0.1, 0.15) is 17.1 Å². The number of aryl methyl sites for hydroxylation is 1. The number of rotatable bonds is 1. The van der Waals surface area contributed by atoms with Crippen molar-refractivity contribution in [2.24, 2.45) is 5.41 Å². The summed E-state index contributed by atoms with van der Waals surface area (Å²) in [6, 6.07) is 16.4. The number of fused-ring (bicyclic) bond motifs is 4. The van der Waals surface area contributed by atoms with E-state index in [-0.39, 0.29) is 0 Å². The van der Waals surface area contributed by atoms with Gasteiger partial charge in [-0.1, -0.05) is 30.0 Å². The first-order valence-electron chi connectivity index (χ1n) is 10.5. The molecule has 7 nitrogen and oxygen atoms in total. The van der Waals surface area contributed by atoms with Crippen LogP contribution in [0.2, 0.25) is 0 Å². The Morgan fingerprint density at radius 1 is 1.09 bits per heavy atom.